The largest absolute Gasteiger partial charge is 0.355 e. The SMILES string of the molecule is O=C(CNCCc1ccc(Cl)cc1)NCCc1ccc(Cl)cc1. The van der Waals surface area contributed by atoms with Crippen LogP contribution in [-0.2, 0) is 17.6 Å². The van der Waals surface area contributed by atoms with Gasteiger partial charge in [-0.3, -0.25) is 4.79 Å². The molecule has 23 heavy (non-hydrogen) atoms. The van der Waals surface area contributed by atoms with Crippen LogP contribution in [0.15, 0.2) is 48.5 Å². The first kappa shape index (κ1) is 17.8. The zero-order chi connectivity index (χ0) is 16.5. The topological polar surface area (TPSA) is 41.1 Å². The van der Waals surface area contributed by atoms with Crippen molar-refractivity contribution in [1.82, 2.24) is 10.6 Å². The van der Waals surface area contributed by atoms with Crippen LogP contribution in [0.5, 0.6) is 0 Å². The van der Waals surface area contributed by atoms with Gasteiger partial charge in [0.2, 0.25) is 5.91 Å². The highest BCUT2D eigenvalue weighted by Gasteiger charge is 2.01. The summed E-state index contributed by atoms with van der Waals surface area (Å²) in [5.74, 6) is 0.00932. The molecule has 122 valence electrons. The number of benzene rings is 2. The Hall–Kier alpha value is -1.55. The van der Waals surface area contributed by atoms with E-state index in [1.165, 1.54) is 5.56 Å². The first-order chi connectivity index (χ1) is 11.1. The van der Waals surface area contributed by atoms with Crippen molar-refractivity contribution in [2.75, 3.05) is 19.6 Å². The Labute approximate surface area is 147 Å². The number of hydrogen-bond acceptors (Lipinski definition) is 2. The number of carbonyl (C=O) groups is 1. The predicted octanol–water partition coefficient (Wildman–Crippen LogP) is 3.48. The first-order valence-corrected chi connectivity index (χ1v) is 8.35. The van der Waals surface area contributed by atoms with Crippen molar-refractivity contribution >= 4 is 29.1 Å². The van der Waals surface area contributed by atoms with E-state index in [4.69, 9.17) is 23.2 Å². The van der Waals surface area contributed by atoms with Crippen LogP contribution in [0.25, 0.3) is 0 Å². The van der Waals surface area contributed by atoms with Crippen LogP contribution in [-0.4, -0.2) is 25.5 Å². The zero-order valence-corrected chi connectivity index (χ0v) is 14.3. The molecule has 0 aromatic heterocycles. The Kier molecular flexibility index (Phi) is 7.40. The molecule has 0 aliphatic heterocycles. The van der Waals surface area contributed by atoms with E-state index >= 15 is 0 Å². The van der Waals surface area contributed by atoms with Crippen LogP contribution in [0.3, 0.4) is 0 Å². The third kappa shape index (κ3) is 7.04. The molecule has 0 saturated heterocycles. The number of rotatable bonds is 8. The molecular weight excluding hydrogens is 331 g/mol. The fourth-order valence-corrected chi connectivity index (χ4v) is 2.40. The van der Waals surface area contributed by atoms with E-state index < -0.39 is 0 Å². The molecule has 5 heteroatoms. The predicted molar refractivity (Wildman–Crippen MR) is 96.2 cm³/mol. The molecule has 0 fully saturated rings. The summed E-state index contributed by atoms with van der Waals surface area (Å²) in [6, 6.07) is 15.4. The minimum absolute atomic E-state index is 0.00932. The second kappa shape index (κ2) is 9.56. The summed E-state index contributed by atoms with van der Waals surface area (Å²) >= 11 is 11.7. The molecule has 0 bridgehead atoms. The van der Waals surface area contributed by atoms with Gasteiger partial charge in [0.1, 0.15) is 0 Å². The van der Waals surface area contributed by atoms with Gasteiger partial charge in [0.25, 0.3) is 0 Å². The molecule has 0 aliphatic carbocycles. The summed E-state index contributed by atoms with van der Waals surface area (Å²) in [4.78, 5) is 11.7. The van der Waals surface area contributed by atoms with E-state index in [0.29, 0.717) is 13.1 Å². The average Bonchev–Trinajstić information content (AvgIpc) is 2.55. The molecule has 2 N–H and O–H groups in total. The van der Waals surface area contributed by atoms with Crippen LogP contribution in [0.4, 0.5) is 0 Å². The van der Waals surface area contributed by atoms with Gasteiger partial charge in [0, 0.05) is 16.6 Å². The fourth-order valence-electron chi connectivity index (χ4n) is 2.15. The number of amides is 1. The van der Waals surface area contributed by atoms with Crippen LogP contribution in [0.1, 0.15) is 11.1 Å². The Morgan fingerprint density at radius 3 is 1.78 bits per heavy atom. The van der Waals surface area contributed by atoms with Crippen molar-refractivity contribution in [1.29, 1.82) is 0 Å². The first-order valence-electron chi connectivity index (χ1n) is 7.60. The number of halogens is 2. The van der Waals surface area contributed by atoms with Crippen molar-refractivity contribution in [3.63, 3.8) is 0 Å². The molecular formula is C18H20Cl2N2O. The Bertz CT molecular complexity index is 612. The maximum absolute atomic E-state index is 11.7. The zero-order valence-electron chi connectivity index (χ0n) is 12.8. The van der Waals surface area contributed by atoms with Gasteiger partial charge in [-0.2, -0.15) is 0 Å². The number of hydrogen-bond donors (Lipinski definition) is 2. The van der Waals surface area contributed by atoms with Crippen molar-refractivity contribution in [2.24, 2.45) is 0 Å². The maximum Gasteiger partial charge on any atom is 0.233 e. The lowest BCUT2D eigenvalue weighted by Crippen LogP contribution is -2.35. The highest BCUT2D eigenvalue weighted by Crippen LogP contribution is 2.10. The fraction of sp³-hybridized carbons (Fsp3) is 0.278. The summed E-state index contributed by atoms with van der Waals surface area (Å²) in [7, 11) is 0. The van der Waals surface area contributed by atoms with Crippen molar-refractivity contribution < 1.29 is 4.79 Å². The molecule has 3 nitrogen and oxygen atoms in total. The van der Waals surface area contributed by atoms with E-state index in [-0.39, 0.29) is 5.91 Å². The maximum atomic E-state index is 11.7. The summed E-state index contributed by atoms with van der Waals surface area (Å²) in [6.07, 6.45) is 1.67. The number of carbonyl (C=O) groups excluding carboxylic acids is 1. The van der Waals surface area contributed by atoms with Gasteiger partial charge in [0.15, 0.2) is 0 Å². The average molecular weight is 351 g/mol. The van der Waals surface area contributed by atoms with E-state index in [1.807, 2.05) is 48.5 Å². The van der Waals surface area contributed by atoms with Crippen molar-refractivity contribution in [3.05, 3.63) is 69.7 Å². The van der Waals surface area contributed by atoms with E-state index in [2.05, 4.69) is 10.6 Å². The van der Waals surface area contributed by atoms with E-state index in [0.717, 1.165) is 35.0 Å². The molecule has 0 heterocycles. The van der Waals surface area contributed by atoms with Gasteiger partial charge in [-0.1, -0.05) is 47.5 Å². The van der Waals surface area contributed by atoms with Crippen LogP contribution in [0, 0.1) is 0 Å². The lowest BCUT2D eigenvalue weighted by Gasteiger charge is -2.07. The van der Waals surface area contributed by atoms with Crippen LogP contribution in [0.2, 0.25) is 10.0 Å². The molecule has 2 aromatic rings. The summed E-state index contributed by atoms with van der Waals surface area (Å²) < 4.78 is 0. The lowest BCUT2D eigenvalue weighted by atomic mass is 10.1. The summed E-state index contributed by atoms with van der Waals surface area (Å²) in [5.41, 5.74) is 2.36. The highest BCUT2D eigenvalue weighted by molar-refractivity contribution is 6.30. The van der Waals surface area contributed by atoms with Gasteiger partial charge < -0.3 is 10.6 Å². The molecule has 0 aliphatic rings. The molecule has 0 spiro atoms. The monoisotopic (exact) mass is 350 g/mol. The second-order valence-corrected chi connectivity index (χ2v) is 6.15. The molecule has 0 atom stereocenters. The van der Waals surface area contributed by atoms with Gasteiger partial charge >= 0.3 is 0 Å². The molecule has 0 radical (unpaired) electrons. The standard InChI is InChI=1S/C18H20Cl2N2O/c19-16-5-1-14(2-6-16)9-11-21-13-18(23)22-12-10-15-3-7-17(20)8-4-15/h1-8,21H,9-13H2,(H,22,23). The Morgan fingerprint density at radius 1 is 0.783 bits per heavy atom. The van der Waals surface area contributed by atoms with Crippen LogP contribution < -0.4 is 10.6 Å². The number of nitrogens with one attached hydrogen (secondary N) is 2. The van der Waals surface area contributed by atoms with Crippen LogP contribution >= 0.6 is 23.2 Å². The summed E-state index contributed by atoms with van der Waals surface area (Å²) in [6.45, 7) is 1.71. The third-order valence-electron chi connectivity index (χ3n) is 3.44. The normalized spacial score (nSPS) is 10.5. The van der Waals surface area contributed by atoms with E-state index in [9.17, 15) is 4.79 Å². The Morgan fingerprint density at radius 2 is 1.26 bits per heavy atom. The van der Waals surface area contributed by atoms with Gasteiger partial charge in [0.05, 0.1) is 6.54 Å². The molecule has 2 rings (SSSR count). The molecule has 2 aromatic carbocycles. The smallest absolute Gasteiger partial charge is 0.233 e. The van der Waals surface area contributed by atoms with Gasteiger partial charge in [-0.25, -0.2) is 0 Å². The van der Waals surface area contributed by atoms with Crippen molar-refractivity contribution in [3.8, 4) is 0 Å². The second-order valence-electron chi connectivity index (χ2n) is 5.28. The molecule has 0 unspecified atom stereocenters. The minimum atomic E-state index is 0.00932. The minimum Gasteiger partial charge on any atom is -0.355 e. The quantitative estimate of drug-likeness (QED) is 0.715. The molecule has 1 amide bonds. The van der Waals surface area contributed by atoms with Crippen molar-refractivity contribution in [2.45, 2.75) is 12.8 Å². The third-order valence-corrected chi connectivity index (χ3v) is 3.94. The lowest BCUT2D eigenvalue weighted by molar-refractivity contribution is -0.120. The highest BCUT2D eigenvalue weighted by atomic mass is 35.5. The summed E-state index contributed by atoms with van der Waals surface area (Å²) in [5, 5.41) is 7.50. The Balaban J connectivity index is 1.56. The van der Waals surface area contributed by atoms with Gasteiger partial charge in [-0.15, -0.1) is 0 Å². The molecule has 0 saturated carbocycles. The van der Waals surface area contributed by atoms with E-state index in [1.54, 1.807) is 0 Å². The van der Waals surface area contributed by atoms with Gasteiger partial charge in [-0.05, 0) is 54.8 Å².